The maximum atomic E-state index is 13.1. The van der Waals surface area contributed by atoms with Gasteiger partial charge in [0.05, 0.1) is 17.3 Å². The molecule has 7 nitrogen and oxygen atoms in total. The molecular weight excluding hydrogens is 325 g/mol. The summed E-state index contributed by atoms with van der Waals surface area (Å²) in [6.45, 7) is 3.96. The van der Waals surface area contributed by atoms with Gasteiger partial charge in [0.25, 0.3) is 5.91 Å². The summed E-state index contributed by atoms with van der Waals surface area (Å²) in [4.78, 5) is 26.0. The Bertz CT molecular complexity index is 802. The third-order valence-electron chi connectivity index (χ3n) is 4.71. The quantitative estimate of drug-likeness (QED) is 0.911. The van der Waals surface area contributed by atoms with Gasteiger partial charge in [0.15, 0.2) is 5.69 Å². The number of amides is 2. The first kappa shape index (κ1) is 17.1. The second-order valence-corrected chi connectivity index (χ2v) is 6.39. The van der Waals surface area contributed by atoms with E-state index in [1.54, 1.807) is 24.0 Å². The molecule has 0 radical (unpaired) electrons. The van der Waals surface area contributed by atoms with E-state index in [1.165, 1.54) is 16.8 Å². The summed E-state index contributed by atoms with van der Waals surface area (Å²) in [6.07, 6.45) is 1.39. The van der Waals surface area contributed by atoms with E-state index in [4.69, 9.17) is 5.73 Å². The lowest BCUT2D eigenvalue weighted by molar-refractivity contribution is -0.123. The predicted octanol–water partition coefficient (Wildman–Crippen LogP) is 1.44. The summed E-state index contributed by atoms with van der Waals surface area (Å²) in [5, 5.41) is 8.02. The number of rotatable bonds is 3. The fourth-order valence-corrected chi connectivity index (χ4v) is 3.11. The van der Waals surface area contributed by atoms with E-state index >= 15 is 0 Å². The van der Waals surface area contributed by atoms with E-state index in [2.05, 4.69) is 10.3 Å². The molecule has 3 rings (SSSR count). The smallest absolute Gasteiger partial charge is 0.276 e. The standard InChI is InChI=1S/C17H20FN5O2/c1-10-3-4-12(16(19)24)9-22(10)17(25)15-11(2)23(21-20-15)14-7-5-13(18)6-8-14/h5-8,10,12H,3-4,9H2,1-2H3,(H2,19,24)/t10-,12+/m1/s1. The number of nitrogens with zero attached hydrogens (tertiary/aromatic N) is 4. The first-order valence-electron chi connectivity index (χ1n) is 8.17. The van der Waals surface area contributed by atoms with Gasteiger partial charge in [0.1, 0.15) is 5.82 Å². The SMILES string of the molecule is Cc1c(C(=O)N2C[C@@H](C(N)=O)CC[C@H]2C)nnn1-c1ccc(F)cc1. The number of benzene rings is 1. The van der Waals surface area contributed by atoms with Gasteiger partial charge in [-0.05, 0) is 51.0 Å². The molecule has 132 valence electrons. The van der Waals surface area contributed by atoms with Crippen LogP contribution in [0.3, 0.4) is 0 Å². The van der Waals surface area contributed by atoms with Crippen LogP contribution in [0.1, 0.15) is 35.9 Å². The van der Waals surface area contributed by atoms with Crippen LogP contribution in [0.5, 0.6) is 0 Å². The molecule has 1 aliphatic heterocycles. The van der Waals surface area contributed by atoms with Crippen molar-refractivity contribution in [3.05, 3.63) is 41.5 Å². The zero-order chi connectivity index (χ0) is 18.1. The average Bonchev–Trinajstić information content (AvgIpc) is 2.97. The van der Waals surface area contributed by atoms with Gasteiger partial charge in [0.2, 0.25) is 5.91 Å². The monoisotopic (exact) mass is 345 g/mol. The minimum atomic E-state index is -0.392. The molecule has 0 unspecified atom stereocenters. The third kappa shape index (κ3) is 3.24. The summed E-state index contributed by atoms with van der Waals surface area (Å²) in [7, 11) is 0. The highest BCUT2D eigenvalue weighted by atomic mass is 19.1. The van der Waals surface area contributed by atoms with Gasteiger partial charge in [0, 0.05) is 12.6 Å². The van der Waals surface area contributed by atoms with Crippen molar-refractivity contribution in [1.29, 1.82) is 0 Å². The zero-order valence-corrected chi connectivity index (χ0v) is 14.1. The number of nitrogens with two attached hydrogens (primary N) is 1. The highest BCUT2D eigenvalue weighted by Gasteiger charge is 2.34. The van der Waals surface area contributed by atoms with Crippen molar-refractivity contribution >= 4 is 11.8 Å². The molecule has 1 saturated heterocycles. The Kier molecular flexibility index (Phi) is 4.52. The van der Waals surface area contributed by atoms with Crippen LogP contribution in [0, 0.1) is 18.7 Å². The van der Waals surface area contributed by atoms with Gasteiger partial charge in [-0.15, -0.1) is 5.10 Å². The number of hydrogen-bond donors (Lipinski definition) is 1. The summed E-state index contributed by atoms with van der Waals surface area (Å²) in [5.74, 6) is -1.36. The topological polar surface area (TPSA) is 94.1 Å². The lowest BCUT2D eigenvalue weighted by Gasteiger charge is -2.36. The van der Waals surface area contributed by atoms with E-state index in [0.29, 0.717) is 24.2 Å². The van der Waals surface area contributed by atoms with E-state index in [1.807, 2.05) is 6.92 Å². The summed E-state index contributed by atoms with van der Waals surface area (Å²) in [5.41, 5.74) is 6.80. The molecule has 2 heterocycles. The lowest BCUT2D eigenvalue weighted by Crippen LogP contribution is -2.48. The Morgan fingerprint density at radius 3 is 2.56 bits per heavy atom. The number of carbonyl (C=O) groups is 2. The first-order chi connectivity index (χ1) is 11.9. The van der Waals surface area contributed by atoms with Crippen molar-refractivity contribution in [1.82, 2.24) is 19.9 Å². The Morgan fingerprint density at radius 2 is 1.92 bits per heavy atom. The van der Waals surface area contributed by atoms with Crippen LogP contribution in [0.15, 0.2) is 24.3 Å². The van der Waals surface area contributed by atoms with Crippen molar-refractivity contribution in [2.45, 2.75) is 32.7 Å². The van der Waals surface area contributed by atoms with Gasteiger partial charge in [-0.1, -0.05) is 5.21 Å². The predicted molar refractivity (Wildman–Crippen MR) is 88.5 cm³/mol. The molecular formula is C17H20FN5O2. The highest BCUT2D eigenvalue weighted by molar-refractivity contribution is 5.94. The van der Waals surface area contributed by atoms with Crippen molar-refractivity contribution in [3.8, 4) is 5.69 Å². The molecule has 8 heteroatoms. The molecule has 0 bridgehead atoms. The first-order valence-corrected chi connectivity index (χ1v) is 8.17. The molecule has 2 amide bonds. The van der Waals surface area contributed by atoms with Gasteiger partial charge in [-0.25, -0.2) is 9.07 Å². The molecule has 0 aliphatic carbocycles. The fraction of sp³-hybridized carbons (Fsp3) is 0.412. The van der Waals surface area contributed by atoms with Crippen molar-refractivity contribution in [3.63, 3.8) is 0 Å². The number of carbonyl (C=O) groups excluding carboxylic acids is 2. The van der Waals surface area contributed by atoms with Gasteiger partial charge >= 0.3 is 0 Å². The van der Waals surface area contributed by atoms with E-state index < -0.39 is 5.91 Å². The van der Waals surface area contributed by atoms with Crippen LogP contribution >= 0.6 is 0 Å². The molecule has 1 aliphatic rings. The normalized spacial score (nSPS) is 20.5. The fourth-order valence-electron chi connectivity index (χ4n) is 3.11. The van der Waals surface area contributed by atoms with Crippen LogP contribution in [0.4, 0.5) is 4.39 Å². The van der Waals surface area contributed by atoms with Crippen LogP contribution < -0.4 is 5.73 Å². The average molecular weight is 345 g/mol. The van der Waals surface area contributed by atoms with Gasteiger partial charge < -0.3 is 10.6 Å². The van der Waals surface area contributed by atoms with E-state index in [0.717, 1.165) is 0 Å². The number of likely N-dealkylation sites (tertiary alicyclic amines) is 1. The number of hydrogen-bond acceptors (Lipinski definition) is 4. The van der Waals surface area contributed by atoms with Crippen molar-refractivity contribution in [2.24, 2.45) is 11.7 Å². The number of halogens is 1. The zero-order valence-electron chi connectivity index (χ0n) is 14.1. The van der Waals surface area contributed by atoms with Crippen LogP contribution in [-0.4, -0.2) is 44.3 Å². The molecule has 2 N–H and O–H groups in total. The molecule has 2 atom stereocenters. The Balaban J connectivity index is 1.87. The second kappa shape index (κ2) is 6.62. The molecule has 1 fully saturated rings. The van der Waals surface area contributed by atoms with Crippen LogP contribution in [-0.2, 0) is 4.79 Å². The highest BCUT2D eigenvalue weighted by Crippen LogP contribution is 2.24. The number of primary amides is 1. The number of aromatic nitrogens is 3. The van der Waals surface area contributed by atoms with Gasteiger partial charge in [-0.3, -0.25) is 9.59 Å². The van der Waals surface area contributed by atoms with Crippen molar-refractivity contribution in [2.75, 3.05) is 6.54 Å². The Labute approximate surface area is 144 Å². The van der Waals surface area contributed by atoms with Crippen LogP contribution in [0.2, 0.25) is 0 Å². The third-order valence-corrected chi connectivity index (χ3v) is 4.71. The Hall–Kier alpha value is -2.77. The molecule has 25 heavy (non-hydrogen) atoms. The van der Waals surface area contributed by atoms with E-state index in [-0.39, 0.29) is 35.9 Å². The summed E-state index contributed by atoms with van der Waals surface area (Å²) >= 11 is 0. The maximum Gasteiger partial charge on any atom is 0.276 e. The minimum Gasteiger partial charge on any atom is -0.369 e. The number of piperidine rings is 1. The summed E-state index contributed by atoms with van der Waals surface area (Å²) < 4.78 is 14.6. The largest absolute Gasteiger partial charge is 0.369 e. The summed E-state index contributed by atoms with van der Waals surface area (Å²) in [6, 6.07) is 5.78. The molecule has 2 aromatic rings. The maximum absolute atomic E-state index is 13.1. The van der Waals surface area contributed by atoms with Crippen LogP contribution in [0.25, 0.3) is 5.69 Å². The molecule has 0 saturated carbocycles. The molecule has 0 spiro atoms. The molecule has 1 aromatic carbocycles. The van der Waals surface area contributed by atoms with E-state index in [9.17, 15) is 14.0 Å². The second-order valence-electron chi connectivity index (χ2n) is 6.39. The minimum absolute atomic E-state index is 0.00142. The molecule has 1 aromatic heterocycles. The lowest BCUT2D eigenvalue weighted by atomic mass is 9.92. The van der Waals surface area contributed by atoms with Gasteiger partial charge in [-0.2, -0.15) is 0 Å². The Morgan fingerprint density at radius 1 is 1.24 bits per heavy atom. The van der Waals surface area contributed by atoms with Crippen molar-refractivity contribution < 1.29 is 14.0 Å².